The van der Waals surface area contributed by atoms with E-state index in [0.717, 1.165) is 24.8 Å². The molecule has 1 unspecified atom stereocenters. The normalized spacial score (nSPS) is 35.9. The van der Waals surface area contributed by atoms with Gasteiger partial charge in [-0.25, -0.2) is 0 Å². The Morgan fingerprint density at radius 2 is 1.80 bits per heavy atom. The molecule has 2 aliphatic rings. The molecule has 0 aromatic rings. The van der Waals surface area contributed by atoms with Gasteiger partial charge < -0.3 is 14.6 Å². The van der Waals surface area contributed by atoms with Crippen LogP contribution in [0.25, 0.3) is 0 Å². The van der Waals surface area contributed by atoms with Crippen molar-refractivity contribution in [3.05, 3.63) is 11.6 Å². The molecule has 3 nitrogen and oxygen atoms in total. The van der Waals surface area contributed by atoms with E-state index in [4.69, 9.17) is 4.43 Å². The van der Waals surface area contributed by atoms with Gasteiger partial charge in [-0.1, -0.05) is 47.6 Å². The van der Waals surface area contributed by atoms with Gasteiger partial charge in [0.1, 0.15) is 0 Å². The third-order valence-corrected chi connectivity index (χ3v) is 12.3. The maximum atomic E-state index is 10.2. The van der Waals surface area contributed by atoms with Crippen LogP contribution in [0.4, 0.5) is 0 Å². The fourth-order valence-electron chi connectivity index (χ4n) is 5.11. The highest BCUT2D eigenvalue weighted by atomic mass is 28.4. The molecule has 4 heteroatoms. The van der Waals surface area contributed by atoms with Crippen LogP contribution in [0.15, 0.2) is 11.6 Å². The van der Waals surface area contributed by atoms with Gasteiger partial charge in [0, 0.05) is 11.3 Å². The maximum absolute atomic E-state index is 10.2. The monoisotopic (exact) mass is 368 g/mol. The van der Waals surface area contributed by atoms with E-state index in [1.807, 2.05) is 0 Å². The standard InChI is InChI=1S/C21H40O3Si/c1-19(2,3)25(7,8)24-18-11-12-20(4,5)17-10-9-15(13-22)16(14-23)21(17,18)6/h9,16-18,22-23H,10-14H2,1-8H3/t16-,17?,18+,21+/m0/s1. The van der Waals surface area contributed by atoms with Gasteiger partial charge in [0.2, 0.25) is 0 Å². The quantitative estimate of drug-likeness (QED) is 0.556. The minimum atomic E-state index is -1.90. The zero-order chi connectivity index (χ0) is 19.3. The first-order valence-corrected chi connectivity index (χ1v) is 12.8. The van der Waals surface area contributed by atoms with Crippen molar-refractivity contribution in [1.82, 2.24) is 0 Å². The lowest BCUT2D eigenvalue weighted by molar-refractivity contribution is -0.131. The second-order valence-electron chi connectivity index (χ2n) is 10.7. The predicted molar refractivity (Wildman–Crippen MR) is 107 cm³/mol. The molecule has 0 bridgehead atoms. The summed E-state index contributed by atoms with van der Waals surface area (Å²) in [5.74, 6) is 0.460. The summed E-state index contributed by atoms with van der Waals surface area (Å²) in [6.45, 7) is 18.7. The van der Waals surface area contributed by atoms with E-state index in [9.17, 15) is 10.2 Å². The van der Waals surface area contributed by atoms with Crippen molar-refractivity contribution < 1.29 is 14.6 Å². The fourth-order valence-corrected chi connectivity index (χ4v) is 6.55. The van der Waals surface area contributed by atoms with Crippen molar-refractivity contribution in [3.63, 3.8) is 0 Å². The van der Waals surface area contributed by atoms with E-state index >= 15 is 0 Å². The summed E-state index contributed by atoms with van der Waals surface area (Å²) in [4.78, 5) is 0. The van der Waals surface area contributed by atoms with Gasteiger partial charge in [-0.15, -0.1) is 0 Å². The minimum absolute atomic E-state index is 0.00871. The first kappa shape index (κ1) is 21.1. The zero-order valence-corrected chi connectivity index (χ0v) is 18.6. The SMILES string of the molecule is CC1(C)CC[C@@H](O[Si](C)(C)C(C)(C)C)[C@@]2(C)C1CC=C(CO)[C@@H]2CO. The molecule has 0 amide bonds. The molecular formula is C21H40O3Si. The van der Waals surface area contributed by atoms with E-state index in [-0.39, 0.29) is 41.1 Å². The summed E-state index contributed by atoms with van der Waals surface area (Å²) in [5.41, 5.74) is 1.11. The van der Waals surface area contributed by atoms with Crippen LogP contribution in [0.2, 0.25) is 18.1 Å². The average Bonchev–Trinajstić information content (AvgIpc) is 2.48. The van der Waals surface area contributed by atoms with Gasteiger partial charge in [-0.2, -0.15) is 0 Å². The van der Waals surface area contributed by atoms with Crippen molar-refractivity contribution in [1.29, 1.82) is 0 Å². The van der Waals surface area contributed by atoms with Crippen LogP contribution in [-0.4, -0.2) is 37.8 Å². The molecule has 1 saturated carbocycles. The summed E-state index contributed by atoms with van der Waals surface area (Å²) in [5, 5.41) is 20.3. The van der Waals surface area contributed by atoms with Crippen LogP contribution in [0.3, 0.4) is 0 Å². The van der Waals surface area contributed by atoms with Crippen LogP contribution < -0.4 is 0 Å². The van der Waals surface area contributed by atoms with Crippen molar-refractivity contribution >= 4 is 8.32 Å². The maximum Gasteiger partial charge on any atom is 0.192 e. The Bertz CT molecular complexity index is 518. The number of aliphatic hydroxyl groups excluding tert-OH is 2. The zero-order valence-electron chi connectivity index (χ0n) is 17.6. The highest BCUT2D eigenvalue weighted by molar-refractivity contribution is 6.74. The van der Waals surface area contributed by atoms with Crippen LogP contribution in [0, 0.1) is 22.7 Å². The van der Waals surface area contributed by atoms with Crippen molar-refractivity contribution in [2.75, 3.05) is 13.2 Å². The minimum Gasteiger partial charge on any atom is -0.413 e. The molecule has 0 aliphatic heterocycles. The van der Waals surface area contributed by atoms with E-state index in [1.54, 1.807) is 0 Å². The molecule has 0 radical (unpaired) electrons. The number of hydrogen-bond donors (Lipinski definition) is 2. The van der Waals surface area contributed by atoms with Crippen molar-refractivity contribution in [2.45, 2.75) is 85.0 Å². The van der Waals surface area contributed by atoms with E-state index in [0.29, 0.717) is 5.92 Å². The Balaban J connectivity index is 2.47. The van der Waals surface area contributed by atoms with Gasteiger partial charge >= 0.3 is 0 Å². The molecule has 4 atom stereocenters. The van der Waals surface area contributed by atoms with E-state index < -0.39 is 8.32 Å². The largest absolute Gasteiger partial charge is 0.413 e. The summed E-state index contributed by atoms with van der Waals surface area (Å²) in [6, 6.07) is 0. The molecule has 0 spiro atoms. The van der Waals surface area contributed by atoms with Gasteiger partial charge in [-0.05, 0) is 54.3 Å². The van der Waals surface area contributed by atoms with Crippen molar-refractivity contribution in [2.24, 2.45) is 22.7 Å². The molecule has 0 saturated heterocycles. The number of allylic oxidation sites excluding steroid dienone is 1. The molecule has 2 rings (SSSR count). The molecular weight excluding hydrogens is 328 g/mol. The Hall–Kier alpha value is -0.163. The first-order chi connectivity index (χ1) is 11.3. The highest BCUT2D eigenvalue weighted by Gasteiger charge is 2.58. The van der Waals surface area contributed by atoms with Crippen LogP contribution >= 0.6 is 0 Å². The number of rotatable bonds is 4. The Labute approximate surface area is 156 Å². The molecule has 0 aromatic heterocycles. The predicted octanol–water partition coefficient (Wildman–Crippen LogP) is 4.75. The molecule has 2 N–H and O–H groups in total. The number of fused-ring (bicyclic) bond motifs is 1. The fraction of sp³-hybridized carbons (Fsp3) is 0.905. The third kappa shape index (κ3) is 3.52. The molecule has 0 aromatic carbocycles. The summed E-state index contributed by atoms with van der Waals surface area (Å²) in [6.07, 6.45) is 5.52. The Morgan fingerprint density at radius 3 is 2.28 bits per heavy atom. The third-order valence-electron chi connectivity index (χ3n) is 7.86. The summed E-state index contributed by atoms with van der Waals surface area (Å²) in [7, 11) is -1.90. The van der Waals surface area contributed by atoms with Crippen LogP contribution in [0.5, 0.6) is 0 Å². The van der Waals surface area contributed by atoms with Gasteiger partial charge in [0.05, 0.1) is 19.3 Å². The van der Waals surface area contributed by atoms with Gasteiger partial charge in [-0.3, -0.25) is 0 Å². The molecule has 2 aliphatic carbocycles. The van der Waals surface area contributed by atoms with Gasteiger partial charge in [0.15, 0.2) is 8.32 Å². The lowest BCUT2D eigenvalue weighted by Gasteiger charge is -2.61. The average molecular weight is 369 g/mol. The summed E-state index contributed by atoms with van der Waals surface area (Å²) >= 11 is 0. The topological polar surface area (TPSA) is 49.7 Å². The lowest BCUT2D eigenvalue weighted by Crippen LogP contribution is -2.60. The van der Waals surface area contributed by atoms with Crippen molar-refractivity contribution in [3.8, 4) is 0 Å². The molecule has 1 fully saturated rings. The molecule has 25 heavy (non-hydrogen) atoms. The number of hydrogen-bond acceptors (Lipinski definition) is 3. The van der Waals surface area contributed by atoms with E-state index in [2.05, 4.69) is 60.7 Å². The second kappa shape index (κ2) is 6.77. The van der Waals surface area contributed by atoms with Crippen LogP contribution in [-0.2, 0) is 4.43 Å². The Kier molecular flexibility index (Phi) is 5.73. The second-order valence-corrected chi connectivity index (χ2v) is 15.5. The van der Waals surface area contributed by atoms with Gasteiger partial charge in [0.25, 0.3) is 0 Å². The first-order valence-electron chi connectivity index (χ1n) is 9.89. The Morgan fingerprint density at radius 1 is 1.20 bits per heavy atom. The highest BCUT2D eigenvalue weighted by Crippen LogP contribution is 2.61. The molecule has 0 heterocycles. The van der Waals surface area contributed by atoms with Crippen LogP contribution in [0.1, 0.15) is 60.8 Å². The van der Waals surface area contributed by atoms with E-state index in [1.165, 1.54) is 0 Å². The number of aliphatic hydroxyl groups is 2. The lowest BCUT2D eigenvalue weighted by atomic mass is 9.47. The smallest absolute Gasteiger partial charge is 0.192 e. The molecule has 146 valence electrons. The summed E-state index contributed by atoms with van der Waals surface area (Å²) < 4.78 is 6.95.